The molecular weight excluding hydrogens is 226 g/mol. The molecule has 4 heteroatoms. The fourth-order valence-electron chi connectivity index (χ4n) is 1.88. The Morgan fingerprint density at radius 3 is 2.62 bits per heavy atom. The van der Waals surface area contributed by atoms with Crippen molar-refractivity contribution in [3.8, 4) is 0 Å². The highest BCUT2D eigenvalue weighted by Crippen LogP contribution is 2.36. The SMILES string of the molecule is CC1(C)COC(=O)N[C@@H]1c1ccc(Cl)cc1. The van der Waals surface area contributed by atoms with Gasteiger partial charge in [-0.15, -0.1) is 0 Å². The van der Waals surface area contributed by atoms with Crippen LogP contribution in [0.1, 0.15) is 25.5 Å². The van der Waals surface area contributed by atoms with E-state index >= 15 is 0 Å². The lowest BCUT2D eigenvalue weighted by molar-refractivity contribution is 0.0387. The van der Waals surface area contributed by atoms with E-state index in [9.17, 15) is 4.79 Å². The monoisotopic (exact) mass is 239 g/mol. The van der Waals surface area contributed by atoms with E-state index in [1.165, 1.54) is 0 Å². The second kappa shape index (κ2) is 3.98. The maximum absolute atomic E-state index is 11.2. The third-order valence-electron chi connectivity index (χ3n) is 2.82. The van der Waals surface area contributed by atoms with Crippen LogP contribution < -0.4 is 5.32 Å². The zero-order chi connectivity index (χ0) is 11.8. The highest BCUT2D eigenvalue weighted by Gasteiger charge is 2.37. The minimum atomic E-state index is -0.362. The summed E-state index contributed by atoms with van der Waals surface area (Å²) in [6.07, 6.45) is -0.362. The molecule has 1 aliphatic heterocycles. The van der Waals surface area contributed by atoms with Crippen molar-refractivity contribution in [2.75, 3.05) is 6.61 Å². The highest BCUT2D eigenvalue weighted by atomic mass is 35.5. The first-order valence-electron chi connectivity index (χ1n) is 5.18. The van der Waals surface area contributed by atoms with Gasteiger partial charge in [-0.05, 0) is 17.7 Å². The zero-order valence-electron chi connectivity index (χ0n) is 9.29. The fourth-order valence-corrected chi connectivity index (χ4v) is 2.01. The lowest BCUT2D eigenvalue weighted by Crippen LogP contribution is -2.46. The molecule has 0 aromatic heterocycles. The third-order valence-corrected chi connectivity index (χ3v) is 3.07. The Bertz CT molecular complexity index is 400. The molecule has 16 heavy (non-hydrogen) atoms. The van der Waals surface area contributed by atoms with Gasteiger partial charge in [0.05, 0.1) is 6.04 Å². The summed E-state index contributed by atoms with van der Waals surface area (Å²) in [4.78, 5) is 11.2. The van der Waals surface area contributed by atoms with Crippen molar-refractivity contribution in [2.45, 2.75) is 19.9 Å². The van der Waals surface area contributed by atoms with E-state index in [1.807, 2.05) is 24.3 Å². The molecule has 1 aromatic rings. The van der Waals surface area contributed by atoms with Crippen molar-refractivity contribution in [3.63, 3.8) is 0 Å². The Balaban J connectivity index is 2.30. The number of amides is 1. The minimum absolute atomic E-state index is 0.0361. The number of rotatable bonds is 1. The summed E-state index contributed by atoms with van der Waals surface area (Å²) in [6.45, 7) is 4.55. The van der Waals surface area contributed by atoms with Gasteiger partial charge in [0.15, 0.2) is 0 Å². The maximum Gasteiger partial charge on any atom is 0.407 e. The van der Waals surface area contributed by atoms with Crippen LogP contribution in [-0.2, 0) is 4.74 Å². The predicted molar refractivity (Wildman–Crippen MR) is 62.5 cm³/mol. The van der Waals surface area contributed by atoms with E-state index in [0.29, 0.717) is 11.6 Å². The molecular formula is C12H14ClNO2. The van der Waals surface area contributed by atoms with Crippen molar-refractivity contribution >= 4 is 17.7 Å². The number of nitrogens with one attached hydrogen (secondary N) is 1. The van der Waals surface area contributed by atoms with E-state index in [4.69, 9.17) is 16.3 Å². The van der Waals surface area contributed by atoms with Crippen molar-refractivity contribution in [3.05, 3.63) is 34.9 Å². The summed E-state index contributed by atoms with van der Waals surface area (Å²) < 4.78 is 4.99. The van der Waals surface area contributed by atoms with Gasteiger partial charge in [-0.25, -0.2) is 4.79 Å². The standard InChI is InChI=1S/C12H14ClNO2/c1-12(2)7-16-11(15)14-10(12)8-3-5-9(13)6-4-8/h3-6,10H,7H2,1-2H3,(H,14,15)/t10-/m1/s1. The molecule has 1 heterocycles. The molecule has 3 nitrogen and oxygen atoms in total. The Labute approximate surface area is 99.7 Å². The average molecular weight is 240 g/mol. The number of benzene rings is 1. The molecule has 0 unspecified atom stereocenters. The first-order chi connectivity index (χ1) is 7.49. The quantitative estimate of drug-likeness (QED) is 0.818. The normalized spacial score (nSPS) is 23.4. The topological polar surface area (TPSA) is 38.3 Å². The van der Waals surface area contributed by atoms with Crippen LogP contribution >= 0.6 is 11.6 Å². The summed E-state index contributed by atoms with van der Waals surface area (Å²) >= 11 is 5.84. The number of alkyl carbamates (subject to hydrolysis) is 1. The van der Waals surface area contributed by atoms with Gasteiger partial charge in [-0.2, -0.15) is 0 Å². The zero-order valence-corrected chi connectivity index (χ0v) is 10.0. The number of carbonyl (C=O) groups is 1. The van der Waals surface area contributed by atoms with Crippen LogP contribution in [0.25, 0.3) is 0 Å². The summed E-state index contributed by atoms with van der Waals surface area (Å²) in [5.74, 6) is 0. The van der Waals surface area contributed by atoms with E-state index in [1.54, 1.807) is 0 Å². The molecule has 1 aliphatic rings. The summed E-state index contributed by atoms with van der Waals surface area (Å²) in [6, 6.07) is 7.48. The molecule has 1 atom stereocenters. The number of carbonyl (C=O) groups excluding carboxylic acids is 1. The van der Waals surface area contributed by atoms with Gasteiger partial charge in [-0.3, -0.25) is 0 Å². The molecule has 2 rings (SSSR count). The average Bonchev–Trinajstić information content (AvgIpc) is 2.23. The number of halogens is 1. The van der Waals surface area contributed by atoms with Crippen LogP contribution in [0.3, 0.4) is 0 Å². The molecule has 0 spiro atoms. The van der Waals surface area contributed by atoms with Crippen molar-refractivity contribution in [1.82, 2.24) is 5.32 Å². The molecule has 1 saturated heterocycles. The number of ether oxygens (including phenoxy) is 1. The molecule has 86 valence electrons. The molecule has 1 N–H and O–H groups in total. The molecule has 1 fully saturated rings. The van der Waals surface area contributed by atoms with Gasteiger partial charge in [-0.1, -0.05) is 37.6 Å². The molecule has 1 amide bonds. The van der Waals surface area contributed by atoms with Gasteiger partial charge in [0.2, 0.25) is 0 Å². The van der Waals surface area contributed by atoms with Crippen LogP contribution in [0.2, 0.25) is 5.02 Å². The molecule has 1 aromatic carbocycles. The molecule has 0 aliphatic carbocycles. The smallest absolute Gasteiger partial charge is 0.407 e. The van der Waals surface area contributed by atoms with Crippen LogP contribution in [0, 0.1) is 5.41 Å². The van der Waals surface area contributed by atoms with E-state index in [2.05, 4.69) is 19.2 Å². The van der Waals surface area contributed by atoms with Crippen molar-refractivity contribution in [2.24, 2.45) is 5.41 Å². The Hall–Kier alpha value is -1.22. The first kappa shape index (κ1) is 11.3. The van der Waals surface area contributed by atoms with Crippen LogP contribution in [0.4, 0.5) is 4.79 Å². The van der Waals surface area contributed by atoms with Gasteiger partial charge < -0.3 is 10.1 Å². The maximum atomic E-state index is 11.2. The minimum Gasteiger partial charge on any atom is -0.449 e. The third kappa shape index (κ3) is 2.14. The summed E-state index contributed by atoms with van der Waals surface area (Å²) in [7, 11) is 0. The summed E-state index contributed by atoms with van der Waals surface area (Å²) in [5, 5.41) is 3.53. The fraction of sp³-hybridized carbons (Fsp3) is 0.417. The van der Waals surface area contributed by atoms with Gasteiger partial charge in [0.1, 0.15) is 6.61 Å². The van der Waals surface area contributed by atoms with Crippen LogP contribution in [-0.4, -0.2) is 12.7 Å². The van der Waals surface area contributed by atoms with E-state index < -0.39 is 0 Å². The Morgan fingerprint density at radius 2 is 2.00 bits per heavy atom. The second-order valence-electron chi connectivity index (χ2n) is 4.69. The highest BCUT2D eigenvalue weighted by molar-refractivity contribution is 6.30. The van der Waals surface area contributed by atoms with E-state index in [0.717, 1.165) is 5.56 Å². The van der Waals surface area contributed by atoms with Crippen LogP contribution in [0.5, 0.6) is 0 Å². The molecule has 0 bridgehead atoms. The first-order valence-corrected chi connectivity index (χ1v) is 5.55. The largest absolute Gasteiger partial charge is 0.449 e. The number of hydrogen-bond donors (Lipinski definition) is 1. The second-order valence-corrected chi connectivity index (χ2v) is 5.13. The Kier molecular flexibility index (Phi) is 2.80. The van der Waals surface area contributed by atoms with Crippen molar-refractivity contribution < 1.29 is 9.53 Å². The van der Waals surface area contributed by atoms with Gasteiger partial charge in [0.25, 0.3) is 0 Å². The lowest BCUT2D eigenvalue weighted by Gasteiger charge is -2.38. The number of cyclic esters (lactones) is 1. The van der Waals surface area contributed by atoms with Crippen LogP contribution in [0.15, 0.2) is 24.3 Å². The summed E-state index contributed by atoms with van der Waals surface area (Å²) in [5.41, 5.74) is 0.924. The predicted octanol–water partition coefficient (Wildman–Crippen LogP) is 3.15. The lowest BCUT2D eigenvalue weighted by atomic mass is 9.80. The van der Waals surface area contributed by atoms with E-state index in [-0.39, 0.29) is 17.6 Å². The number of hydrogen-bond acceptors (Lipinski definition) is 2. The van der Waals surface area contributed by atoms with Gasteiger partial charge >= 0.3 is 6.09 Å². The molecule has 0 saturated carbocycles. The molecule has 0 radical (unpaired) electrons. The van der Waals surface area contributed by atoms with Crippen molar-refractivity contribution in [1.29, 1.82) is 0 Å². The van der Waals surface area contributed by atoms with Gasteiger partial charge in [0, 0.05) is 10.4 Å². The Morgan fingerprint density at radius 1 is 1.38 bits per heavy atom.